The standard InChI is InChI=1S/C11H11N3/c1-2-11-10(5-3-6-12-11)9-14-8-4-7-13-14/h2-8H,1,9H2. The Morgan fingerprint density at radius 2 is 2.29 bits per heavy atom. The minimum Gasteiger partial charge on any atom is -0.268 e. The van der Waals surface area contributed by atoms with Crippen molar-refractivity contribution in [3.8, 4) is 0 Å². The number of aromatic nitrogens is 3. The van der Waals surface area contributed by atoms with Gasteiger partial charge in [-0.2, -0.15) is 5.10 Å². The van der Waals surface area contributed by atoms with Gasteiger partial charge in [0.25, 0.3) is 0 Å². The second-order valence-corrected chi connectivity index (χ2v) is 2.96. The zero-order valence-electron chi connectivity index (χ0n) is 7.80. The highest BCUT2D eigenvalue weighted by molar-refractivity contribution is 5.46. The fourth-order valence-corrected chi connectivity index (χ4v) is 1.34. The first-order valence-electron chi connectivity index (χ1n) is 4.44. The second kappa shape index (κ2) is 3.87. The molecule has 0 saturated carbocycles. The normalized spacial score (nSPS) is 10.0. The predicted octanol–water partition coefficient (Wildman–Crippen LogP) is 1.97. The summed E-state index contributed by atoms with van der Waals surface area (Å²) in [6.07, 6.45) is 7.23. The van der Waals surface area contributed by atoms with Gasteiger partial charge < -0.3 is 0 Å². The van der Waals surface area contributed by atoms with Gasteiger partial charge in [0.05, 0.1) is 12.2 Å². The van der Waals surface area contributed by atoms with E-state index in [9.17, 15) is 0 Å². The lowest BCUT2D eigenvalue weighted by atomic mass is 10.2. The van der Waals surface area contributed by atoms with E-state index in [4.69, 9.17) is 0 Å². The molecule has 0 aliphatic heterocycles. The van der Waals surface area contributed by atoms with Crippen molar-refractivity contribution in [1.29, 1.82) is 0 Å². The molecule has 0 N–H and O–H groups in total. The molecule has 0 amide bonds. The van der Waals surface area contributed by atoms with Crippen LogP contribution in [0.5, 0.6) is 0 Å². The number of rotatable bonds is 3. The molecule has 0 radical (unpaired) electrons. The summed E-state index contributed by atoms with van der Waals surface area (Å²) in [6, 6.07) is 5.86. The maximum absolute atomic E-state index is 4.22. The number of nitrogens with zero attached hydrogens (tertiary/aromatic N) is 3. The van der Waals surface area contributed by atoms with Crippen molar-refractivity contribution in [1.82, 2.24) is 14.8 Å². The van der Waals surface area contributed by atoms with Crippen LogP contribution in [0.2, 0.25) is 0 Å². The predicted molar refractivity (Wildman–Crippen MR) is 55.7 cm³/mol. The molecule has 0 bridgehead atoms. The average molecular weight is 185 g/mol. The number of hydrogen-bond acceptors (Lipinski definition) is 2. The van der Waals surface area contributed by atoms with Crippen molar-refractivity contribution in [2.45, 2.75) is 6.54 Å². The Bertz CT molecular complexity index is 418. The van der Waals surface area contributed by atoms with E-state index in [1.165, 1.54) is 0 Å². The number of pyridine rings is 1. The van der Waals surface area contributed by atoms with Crippen LogP contribution in [0.1, 0.15) is 11.3 Å². The summed E-state index contributed by atoms with van der Waals surface area (Å²) < 4.78 is 1.87. The molecular formula is C11H11N3. The highest BCUT2D eigenvalue weighted by Gasteiger charge is 1.99. The zero-order valence-corrected chi connectivity index (χ0v) is 7.80. The lowest BCUT2D eigenvalue weighted by Gasteiger charge is -2.04. The molecule has 3 heteroatoms. The minimum absolute atomic E-state index is 0.738. The summed E-state index contributed by atoms with van der Waals surface area (Å²) in [4.78, 5) is 4.22. The van der Waals surface area contributed by atoms with Crippen LogP contribution in [0, 0.1) is 0 Å². The Balaban J connectivity index is 2.28. The highest BCUT2D eigenvalue weighted by Crippen LogP contribution is 2.07. The van der Waals surface area contributed by atoms with Crippen LogP contribution in [-0.4, -0.2) is 14.8 Å². The molecule has 2 aromatic rings. The SMILES string of the molecule is C=Cc1ncccc1Cn1cccn1. The molecule has 0 spiro atoms. The molecule has 2 heterocycles. The molecule has 3 nitrogen and oxygen atoms in total. The van der Waals surface area contributed by atoms with Gasteiger partial charge in [0.2, 0.25) is 0 Å². The van der Waals surface area contributed by atoms with E-state index >= 15 is 0 Å². The first-order valence-corrected chi connectivity index (χ1v) is 4.44. The van der Waals surface area contributed by atoms with Crippen LogP contribution in [-0.2, 0) is 6.54 Å². The van der Waals surface area contributed by atoms with Crippen molar-refractivity contribution in [3.05, 3.63) is 54.6 Å². The first kappa shape index (κ1) is 8.69. The van der Waals surface area contributed by atoms with Gasteiger partial charge in [0.1, 0.15) is 0 Å². The molecule has 0 aliphatic rings. The molecule has 0 atom stereocenters. The average Bonchev–Trinajstić information content (AvgIpc) is 2.71. The Morgan fingerprint density at radius 1 is 1.36 bits per heavy atom. The summed E-state index contributed by atoms with van der Waals surface area (Å²) in [5.74, 6) is 0. The van der Waals surface area contributed by atoms with E-state index in [0.717, 1.165) is 17.8 Å². The third kappa shape index (κ3) is 1.71. The maximum atomic E-state index is 4.22. The van der Waals surface area contributed by atoms with Gasteiger partial charge in [-0.05, 0) is 23.8 Å². The molecule has 0 fully saturated rings. The van der Waals surface area contributed by atoms with Crippen LogP contribution in [0.15, 0.2) is 43.4 Å². The van der Waals surface area contributed by atoms with Gasteiger partial charge in [-0.1, -0.05) is 12.6 Å². The van der Waals surface area contributed by atoms with Gasteiger partial charge >= 0.3 is 0 Å². The molecular weight excluding hydrogens is 174 g/mol. The second-order valence-electron chi connectivity index (χ2n) is 2.96. The van der Waals surface area contributed by atoms with E-state index in [2.05, 4.69) is 16.7 Å². The molecule has 0 saturated heterocycles. The third-order valence-electron chi connectivity index (χ3n) is 2.01. The maximum Gasteiger partial charge on any atom is 0.0680 e. The van der Waals surface area contributed by atoms with Crippen LogP contribution in [0.25, 0.3) is 6.08 Å². The molecule has 0 unspecified atom stereocenters. The zero-order chi connectivity index (χ0) is 9.80. The smallest absolute Gasteiger partial charge is 0.0680 e. The molecule has 2 aromatic heterocycles. The summed E-state index contributed by atoms with van der Waals surface area (Å²) in [6.45, 7) is 4.47. The largest absolute Gasteiger partial charge is 0.268 e. The Labute approximate surface area is 82.7 Å². The van der Waals surface area contributed by atoms with E-state index in [-0.39, 0.29) is 0 Å². The van der Waals surface area contributed by atoms with Gasteiger partial charge in [0.15, 0.2) is 0 Å². The van der Waals surface area contributed by atoms with Crippen LogP contribution in [0.3, 0.4) is 0 Å². The highest BCUT2D eigenvalue weighted by atomic mass is 15.3. The molecule has 2 rings (SSSR count). The van der Waals surface area contributed by atoms with Gasteiger partial charge in [-0.3, -0.25) is 9.67 Å². The fourth-order valence-electron chi connectivity index (χ4n) is 1.34. The van der Waals surface area contributed by atoms with E-state index in [1.807, 2.05) is 29.1 Å². The lowest BCUT2D eigenvalue weighted by molar-refractivity contribution is 0.684. The lowest BCUT2D eigenvalue weighted by Crippen LogP contribution is -2.02. The van der Waals surface area contributed by atoms with Crippen molar-refractivity contribution >= 4 is 6.08 Å². The molecule has 0 aliphatic carbocycles. The monoisotopic (exact) mass is 185 g/mol. The fraction of sp³-hybridized carbons (Fsp3) is 0.0909. The van der Waals surface area contributed by atoms with Crippen molar-refractivity contribution in [3.63, 3.8) is 0 Å². The summed E-state index contributed by atoms with van der Waals surface area (Å²) in [5.41, 5.74) is 2.05. The first-order chi connectivity index (χ1) is 6.90. The summed E-state index contributed by atoms with van der Waals surface area (Å²) in [7, 11) is 0. The topological polar surface area (TPSA) is 30.7 Å². The van der Waals surface area contributed by atoms with Gasteiger partial charge in [0, 0.05) is 18.6 Å². The van der Waals surface area contributed by atoms with Crippen LogP contribution >= 0.6 is 0 Å². The third-order valence-corrected chi connectivity index (χ3v) is 2.01. The summed E-state index contributed by atoms with van der Waals surface area (Å²) in [5, 5.41) is 4.14. The van der Waals surface area contributed by atoms with Crippen molar-refractivity contribution < 1.29 is 0 Å². The molecule has 70 valence electrons. The number of hydrogen-bond donors (Lipinski definition) is 0. The van der Waals surface area contributed by atoms with Crippen molar-refractivity contribution in [2.75, 3.05) is 0 Å². The Kier molecular flexibility index (Phi) is 2.40. The molecule has 0 aromatic carbocycles. The van der Waals surface area contributed by atoms with Crippen LogP contribution in [0.4, 0.5) is 0 Å². The van der Waals surface area contributed by atoms with Crippen LogP contribution < -0.4 is 0 Å². The Hall–Kier alpha value is -1.90. The van der Waals surface area contributed by atoms with Gasteiger partial charge in [-0.15, -0.1) is 0 Å². The molecule has 14 heavy (non-hydrogen) atoms. The summed E-state index contributed by atoms with van der Waals surface area (Å²) >= 11 is 0. The van der Waals surface area contributed by atoms with E-state index in [0.29, 0.717) is 0 Å². The van der Waals surface area contributed by atoms with E-state index < -0.39 is 0 Å². The quantitative estimate of drug-likeness (QED) is 0.732. The minimum atomic E-state index is 0.738. The van der Waals surface area contributed by atoms with Crippen molar-refractivity contribution in [2.24, 2.45) is 0 Å². The van der Waals surface area contributed by atoms with Gasteiger partial charge in [-0.25, -0.2) is 0 Å². The Morgan fingerprint density at radius 3 is 3.00 bits per heavy atom. The van der Waals surface area contributed by atoms with E-state index in [1.54, 1.807) is 18.5 Å².